The topological polar surface area (TPSA) is 15.3 Å². The quantitative estimate of drug-likeness (QED) is 0.689. The molecule has 0 unspecified atom stereocenters. The Kier molecular flexibility index (Phi) is 2.40. The second-order valence-corrected chi connectivity index (χ2v) is 4.42. The number of rotatable bonds is 2. The van der Waals surface area contributed by atoms with Gasteiger partial charge in [-0.15, -0.1) is 0 Å². The molecule has 2 fully saturated rings. The number of fused-ring (bicyclic) bond motifs is 1. The molecule has 0 radical (unpaired) electrons. The Hall–Kier alpha value is -0.0500. The van der Waals surface area contributed by atoms with Gasteiger partial charge >= 0.3 is 0 Å². The molecule has 0 spiro atoms. The molecule has 2 atom stereocenters. The van der Waals surface area contributed by atoms with Crippen molar-refractivity contribution in [1.82, 2.24) is 10.2 Å². The highest BCUT2D eigenvalue weighted by molar-refractivity contribution is 6.29. The molecular weight excluding hydrogens is 172 g/mol. The van der Waals surface area contributed by atoms with Gasteiger partial charge in [-0.3, -0.25) is 4.90 Å². The van der Waals surface area contributed by atoms with E-state index in [0.29, 0.717) is 0 Å². The Labute approximate surface area is 78.6 Å². The van der Waals surface area contributed by atoms with Crippen LogP contribution in [0.15, 0.2) is 11.6 Å². The van der Waals surface area contributed by atoms with Gasteiger partial charge < -0.3 is 5.32 Å². The van der Waals surface area contributed by atoms with Gasteiger partial charge in [0.25, 0.3) is 0 Å². The lowest BCUT2D eigenvalue weighted by molar-refractivity contribution is 0.344. The van der Waals surface area contributed by atoms with Gasteiger partial charge in [0.05, 0.1) is 0 Å². The zero-order chi connectivity index (χ0) is 8.55. The van der Waals surface area contributed by atoms with E-state index in [-0.39, 0.29) is 0 Å². The van der Waals surface area contributed by atoms with Gasteiger partial charge in [-0.25, -0.2) is 0 Å². The van der Waals surface area contributed by atoms with Gasteiger partial charge in [0.1, 0.15) is 0 Å². The van der Waals surface area contributed by atoms with Crippen LogP contribution >= 0.6 is 11.6 Å². The molecule has 2 aliphatic heterocycles. The fourth-order valence-electron chi connectivity index (χ4n) is 2.32. The van der Waals surface area contributed by atoms with E-state index in [9.17, 15) is 0 Å². The highest BCUT2D eigenvalue weighted by Gasteiger charge is 2.35. The summed E-state index contributed by atoms with van der Waals surface area (Å²) < 4.78 is 0. The summed E-state index contributed by atoms with van der Waals surface area (Å²) in [5.74, 6) is 1.72. The smallest absolute Gasteiger partial charge is 0.0335 e. The van der Waals surface area contributed by atoms with Crippen molar-refractivity contribution in [1.29, 1.82) is 0 Å². The highest BCUT2D eigenvalue weighted by Crippen LogP contribution is 2.26. The maximum absolute atomic E-state index is 5.76. The Morgan fingerprint density at radius 1 is 1.42 bits per heavy atom. The van der Waals surface area contributed by atoms with Gasteiger partial charge in [-0.1, -0.05) is 18.2 Å². The molecule has 0 aromatic heterocycles. The zero-order valence-corrected chi connectivity index (χ0v) is 7.98. The summed E-state index contributed by atoms with van der Waals surface area (Å²) in [5.41, 5.74) is 0. The summed E-state index contributed by atoms with van der Waals surface area (Å²) in [6.45, 7) is 9.37. The Morgan fingerprint density at radius 2 is 2.00 bits per heavy atom. The average molecular weight is 187 g/mol. The Bertz CT molecular complexity index is 181. The van der Waals surface area contributed by atoms with Crippen molar-refractivity contribution in [2.75, 3.05) is 32.7 Å². The van der Waals surface area contributed by atoms with E-state index < -0.39 is 0 Å². The fourth-order valence-corrected chi connectivity index (χ4v) is 2.49. The lowest BCUT2D eigenvalue weighted by Crippen LogP contribution is -2.26. The molecule has 0 aromatic carbocycles. The summed E-state index contributed by atoms with van der Waals surface area (Å²) in [7, 11) is 0. The normalized spacial score (nSPS) is 35.4. The van der Waals surface area contributed by atoms with E-state index >= 15 is 0 Å². The summed E-state index contributed by atoms with van der Waals surface area (Å²) in [4.78, 5) is 2.41. The van der Waals surface area contributed by atoms with Crippen LogP contribution in [0.2, 0.25) is 0 Å². The average Bonchev–Trinajstić information content (AvgIpc) is 2.43. The third-order valence-corrected chi connectivity index (χ3v) is 2.98. The molecule has 0 amide bonds. The zero-order valence-electron chi connectivity index (χ0n) is 7.22. The van der Waals surface area contributed by atoms with Crippen LogP contribution in [0.1, 0.15) is 0 Å². The summed E-state index contributed by atoms with van der Waals surface area (Å²) in [6.07, 6.45) is 0. The Balaban J connectivity index is 1.86. The predicted octanol–water partition coefficient (Wildman–Crippen LogP) is 0.890. The minimum absolute atomic E-state index is 0.767. The van der Waals surface area contributed by atoms with Crippen LogP contribution in [0.3, 0.4) is 0 Å². The SMILES string of the molecule is C=C(Cl)CN1C[C@H]2CNC[C@H]2C1. The van der Waals surface area contributed by atoms with Crippen molar-refractivity contribution in [2.24, 2.45) is 11.8 Å². The van der Waals surface area contributed by atoms with Crippen molar-refractivity contribution in [3.8, 4) is 0 Å². The van der Waals surface area contributed by atoms with E-state index in [1.165, 1.54) is 26.2 Å². The molecule has 0 bridgehead atoms. The van der Waals surface area contributed by atoms with E-state index in [2.05, 4.69) is 16.8 Å². The summed E-state index contributed by atoms with van der Waals surface area (Å²) in [6, 6.07) is 0. The second-order valence-electron chi connectivity index (χ2n) is 3.89. The highest BCUT2D eigenvalue weighted by atomic mass is 35.5. The summed E-state index contributed by atoms with van der Waals surface area (Å²) >= 11 is 5.76. The van der Waals surface area contributed by atoms with E-state index in [0.717, 1.165) is 23.4 Å². The van der Waals surface area contributed by atoms with Crippen LogP contribution in [0.5, 0.6) is 0 Å². The summed E-state index contributed by atoms with van der Waals surface area (Å²) in [5, 5.41) is 4.18. The number of hydrogen-bond acceptors (Lipinski definition) is 2. The molecule has 2 aliphatic rings. The predicted molar refractivity (Wildman–Crippen MR) is 51.3 cm³/mol. The van der Waals surface area contributed by atoms with Gasteiger partial charge in [0, 0.05) is 24.7 Å². The van der Waals surface area contributed by atoms with Crippen molar-refractivity contribution in [3.63, 3.8) is 0 Å². The third kappa shape index (κ3) is 1.65. The van der Waals surface area contributed by atoms with Crippen LogP contribution in [-0.2, 0) is 0 Å². The monoisotopic (exact) mass is 186 g/mol. The fraction of sp³-hybridized carbons (Fsp3) is 0.778. The number of nitrogens with one attached hydrogen (secondary N) is 1. The largest absolute Gasteiger partial charge is 0.316 e. The Morgan fingerprint density at radius 3 is 2.50 bits per heavy atom. The second kappa shape index (κ2) is 3.36. The molecule has 2 saturated heterocycles. The van der Waals surface area contributed by atoms with Gasteiger partial charge in [-0.2, -0.15) is 0 Å². The first kappa shape index (κ1) is 8.54. The molecule has 0 aromatic rings. The molecule has 2 heterocycles. The lowest BCUT2D eigenvalue weighted by Gasteiger charge is -2.15. The molecule has 12 heavy (non-hydrogen) atoms. The van der Waals surface area contributed by atoms with Crippen molar-refractivity contribution >= 4 is 11.6 Å². The first-order valence-corrected chi connectivity index (χ1v) is 4.90. The van der Waals surface area contributed by atoms with Gasteiger partial charge in [0.2, 0.25) is 0 Å². The van der Waals surface area contributed by atoms with E-state index in [1.807, 2.05) is 0 Å². The molecule has 3 heteroatoms. The first-order chi connectivity index (χ1) is 5.75. The molecule has 0 aliphatic carbocycles. The van der Waals surface area contributed by atoms with Crippen LogP contribution in [-0.4, -0.2) is 37.6 Å². The molecule has 2 rings (SSSR count). The number of hydrogen-bond donors (Lipinski definition) is 1. The van der Waals surface area contributed by atoms with Crippen LogP contribution < -0.4 is 5.32 Å². The first-order valence-electron chi connectivity index (χ1n) is 4.52. The molecule has 68 valence electrons. The minimum Gasteiger partial charge on any atom is -0.316 e. The number of likely N-dealkylation sites (tertiary alicyclic amines) is 1. The third-order valence-electron chi connectivity index (χ3n) is 2.86. The molecule has 2 nitrogen and oxygen atoms in total. The number of halogens is 1. The molecular formula is C9H15ClN2. The van der Waals surface area contributed by atoms with E-state index in [1.54, 1.807) is 0 Å². The maximum Gasteiger partial charge on any atom is 0.0335 e. The molecule has 0 saturated carbocycles. The maximum atomic E-state index is 5.76. The van der Waals surface area contributed by atoms with Crippen molar-refractivity contribution < 1.29 is 0 Å². The van der Waals surface area contributed by atoms with Gasteiger partial charge in [0.15, 0.2) is 0 Å². The molecule has 1 N–H and O–H groups in total. The minimum atomic E-state index is 0.767. The van der Waals surface area contributed by atoms with Crippen LogP contribution in [0.4, 0.5) is 0 Å². The van der Waals surface area contributed by atoms with Crippen LogP contribution in [0.25, 0.3) is 0 Å². The van der Waals surface area contributed by atoms with Crippen LogP contribution in [0, 0.1) is 11.8 Å². The lowest BCUT2D eigenvalue weighted by atomic mass is 10.0. The van der Waals surface area contributed by atoms with E-state index in [4.69, 9.17) is 11.6 Å². The number of nitrogens with zero attached hydrogens (tertiary/aromatic N) is 1. The van der Waals surface area contributed by atoms with Crippen molar-refractivity contribution in [3.05, 3.63) is 11.6 Å². The van der Waals surface area contributed by atoms with Gasteiger partial charge in [-0.05, 0) is 24.9 Å². The standard InChI is InChI=1S/C9H15ClN2/c1-7(10)4-12-5-8-2-11-3-9(8)6-12/h8-9,11H,1-6H2/t8-,9+. The van der Waals surface area contributed by atoms with Crippen molar-refractivity contribution in [2.45, 2.75) is 0 Å².